The molecule has 0 bridgehead atoms. The summed E-state index contributed by atoms with van der Waals surface area (Å²) in [7, 11) is 3.92. The Labute approximate surface area is 102 Å². The topological polar surface area (TPSA) is 48.1 Å². The molecular weight excluding hydrogens is 214 g/mol. The molecule has 4 nitrogen and oxygen atoms in total. The standard InChI is InChI=1S/C13H21N3O/c1-14-10-5-7-11(8-6-10)16(2)13(17)12-4-3-9-15-12/h3-4,9-11,14-15H,5-8H2,1-2H3. The summed E-state index contributed by atoms with van der Waals surface area (Å²) in [5.41, 5.74) is 0.684. The van der Waals surface area contributed by atoms with Crippen molar-refractivity contribution < 1.29 is 4.79 Å². The van der Waals surface area contributed by atoms with Crippen LogP contribution in [0.4, 0.5) is 0 Å². The molecule has 1 aliphatic rings. The first kappa shape index (κ1) is 12.2. The van der Waals surface area contributed by atoms with Gasteiger partial charge in [0, 0.05) is 25.3 Å². The molecule has 0 unspecified atom stereocenters. The van der Waals surface area contributed by atoms with Crippen LogP contribution in [0, 0.1) is 0 Å². The number of amides is 1. The van der Waals surface area contributed by atoms with E-state index < -0.39 is 0 Å². The molecule has 1 saturated carbocycles. The molecule has 1 aromatic rings. The smallest absolute Gasteiger partial charge is 0.270 e. The molecule has 1 fully saturated rings. The molecule has 2 rings (SSSR count). The second kappa shape index (κ2) is 5.36. The van der Waals surface area contributed by atoms with Crippen molar-refractivity contribution in [1.82, 2.24) is 15.2 Å². The molecule has 1 amide bonds. The van der Waals surface area contributed by atoms with Crippen molar-refractivity contribution >= 4 is 5.91 Å². The maximum absolute atomic E-state index is 12.1. The van der Waals surface area contributed by atoms with Gasteiger partial charge in [0.2, 0.25) is 0 Å². The lowest BCUT2D eigenvalue weighted by Gasteiger charge is -2.34. The molecule has 0 aliphatic heterocycles. The van der Waals surface area contributed by atoms with Crippen LogP contribution in [-0.2, 0) is 0 Å². The number of nitrogens with zero attached hydrogens (tertiary/aromatic N) is 1. The van der Waals surface area contributed by atoms with Crippen LogP contribution in [0.1, 0.15) is 36.2 Å². The second-order valence-electron chi connectivity index (χ2n) is 4.79. The summed E-state index contributed by atoms with van der Waals surface area (Å²) in [6, 6.07) is 4.70. The fourth-order valence-corrected chi connectivity index (χ4v) is 2.57. The van der Waals surface area contributed by atoms with Gasteiger partial charge in [-0.05, 0) is 44.9 Å². The van der Waals surface area contributed by atoms with Gasteiger partial charge in [-0.2, -0.15) is 0 Å². The van der Waals surface area contributed by atoms with Gasteiger partial charge in [0.05, 0.1) is 0 Å². The van der Waals surface area contributed by atoms with Gasteiger partial charge in [0.1, 0.15) is 5.69 Å². The predicted octanol–water partition coefficient (Wildman–Crippen LogP) is 1.62. The van der Waals surface area contributed by atoms with Gasteiger partial charge in [-0.1, -0.05) is 0 Å². The number of nitrogens with one attached hydrogen (secondary N) is 2. The highest BCUT2D eigenvalue weighted by Crippen LogP contribution is 2.23. The maximum atomic E-state index is 12.1. The molecular formula is C13H21N3O. The lowest BCUT2D eigenvalue weighted by molar-refractivity contribution is 0.0680. The molecule has 0 saturated heterocycles. The van der Waals surface area contributed by atoms with Crippen molar-refractivity contribution in [1.29, 1.82) is 0 Å². The Balaban J connectivity index is 1.92. The first-order chi connectivity index (χ1) is 8.22. The largest absolute Gasteiger partial charge is 0.357 e. The van der Waals surface area contributed by atoms with Gasteiger partial charge in [-0.15, -0.1) is 0 Å². The highest BCUT2D eigenvalue weighted by atomic mass is 16.2. The van der Waals surface area contributed by atoms with E-state index in [2.05, 4.69) is 10.3 Å². The SMILES string of the molecule is CNC1CCC(N(C)C(=O)c2ccc[nH]2)CC1. The van der Waals surface area contributed by atoms with E-state index in [0.717, 1.165) is 25.7 Å². The average molecular weight is 235 g/mol. The van der Waals surface area contributed by atoms with Crippen LogP contribution in [0.2, 0.25) is 0 Å². The molecule has 1 aromatic heterocycles. The number of hydrogen-bond acceptors (Lipinski definition) is 2. The van der Waals surface area contributed by atoms with Gasteiger partial charge < -0.3 is 15.2 Å². The van der Waals surface area contributed by atoms with Crippen molar-refractivity contribution in [2.75, 3.05) is 14.1 Å². The molecule has 17 heavy (non-hydrogen) atoms. The van der Waals surface area contributed by atoms with E-state index in [-0.39, 0.29) is 5.91 Å². The molecule has 4 heteroatoms. The Morgan fingerprint density at radius 1 is 1.41 bits per heavy atom. The number of aromatic amines is 1. The molecule has 0 aromatic carbocycles. The summed E-state index contributed by atoms with van der Waals surface area (Å²) < 4.78 is 0. The van der Waals surface area contributed by atoms with Crippen LogP contribution in [0.25, 0.3) is 0 Å². The Morgan fingerprint density at radius 2 is 2.12 bits per heavy atom. The lowest BCUT2D eigenvalue weighted by atomic mass is 9.90. The highest BCUT2D eigenvalue weighted by molar-refractivity contribution is 5.92. The van der Waals surface area contributed by atoms with Crippen LogP contribution >= 0.6 is 0 Å². The Hall–Kier alpha value is -1.29. The fraction of sp³-hybridized carbons (Fsp3) is 0.615. The Morgan fingerprint density at radius 3 is 2.65 bits per heavy atom. The van der Waals surface area contributed by atoms with Crippen LogP contribution in [0.15, 0.2) is 18.3 Å². The van der Waals surface area contributed by atoms with Gasteiger partial charge in [0.15, 0.2) is 0 Å². The van der Waals surface area contributed by atoms with Crippen LogP contribution < -0.4 is 5.32 Å². The third-order valence-electron chi connectivity index (χ3n) is 3.80. The zero-order valence-electron chi connectivity index (χ0n) is 10.6. The first-order valence-corrected chi connectivity index (χ1v) is 6.30. The van der Waals surface area contributed by atoms with Crippen molar-refractivity contribution in [3.05, 3.63) is 24.0 Å². The van der Waals surface area contributed by atoms with E-state index in [4.69, 9.17) is 0 Å². The minimum Gasteiger partial charge on any atom is -0.357 e. The Bertz CT molecular complexity index is 353. The van der Waals surface area contributed by atoms with Gasteiger partial charge in [-0.25, -0.2) is 0 Å². The van der Waals surface area contributed by atoms with Crippen LogP contribution in [0.5, 0.6) is 0 Å². The number of H-pyrrole nitrogens is 1. The van der Waals surface area contributed by atoms with E-state index >= 15 is 0 Å². The summed E-state index contributed by atoms with van der Waals surface area (Å²) in [6.45, 7) is 0. The summed E-state index contributed by atoms with van der Waals surface area (Å²) in [4.78, 5) is 17.0. The van der Waals surface area contributed by atoms with Gasteiger partial charge in [-0.3, -0.25) is 4.79 Å². The summed E-state index contributed by atoms with van der Waals surface area (Å²) >= 11 is 0. The number of rotatable bonds is 3. The van der Waals surface area contributed by atoms with Crippen LogP contribution in [0.3, 0.4) is 0 Å². The normalized spacial score (nSPS) is 24.6. The molecule has 0 radical (unpaired) electrons. The highest BCUT2D eigenvalue weighted by Gasteiger charge is 2.26. The number of hydrogen-bond donors (Lipinski definition) is 2. The fourth-order valence-electron chi connectivity index (χ4n) is 2.57. The average Bonchev–Trinajstić information content (AvgIpc) is 2.91. The Kier molecular flexibility index (Phi) is 3.84. The predicted molar refractivity (Wildman–Crippen MR) is 68.0 cm³/mol. The van der Waals surface area contributed by atoms with Crippen molar-refractivity contribution in [2.45, 2.75) is 37.8 Å². The van der Waals surface area contributed by atoms with Crippen LogP contribution in [-0.4, -0.2) is 42.0 Å². The van der Waals surface area contributed by atoms with Gasteiger partial charge in [0.25, 0.3) is 5.91 Å². The summed E-state index contributed by atoms with van der Waals surface area (Å²) in [5, 5.41) is 3.31. The van der Waals surface area contributed by atoms with E-state index in [9.17, 15) is 4.79 Å². The van der Waals surface area contributed by atoms with E-state index in [1.807, 2.05) is 31.1 Å². The molecule has 0 atom stereocenters. The zero-order valence-corrected chi connectivity index (χ0v) is 10.6. The third-order valence-corrected chi connectivity index (χ3v) is 3.80. The number of carbonyl (C=O) groups excluding carboxylic acids is 1. The van der Waals surface area contributed by atoms with Crippen molar-refractivity contribution in [3.8, 4) is 0 Å². The van der Waals surface area contributed by atoms with E-state index in [0.29, 0.717) is 17.8 Å². The molecule has 2 N–H and O–H groups in total. The number of aromatic nitrogens is 1. The molecule has 94 valence electrons. The van der Waals surface area contributed by atoms with Crippen molar-refractivity contribution in [3.63, 3.8) is 0 Å². The second-order valence-corrected chi connectivity index (χ2v) is 4.79. The summed E-state index contributed by atoms with van der Waals surface area (Å²) in [5.74, 6) is 0.0999. The van der Waals surface area contributed by atoms with E-state index in [1.54, 1.807) is 6.20 Å². The maximum Gasteiger partial charge on any atom is 0.270 e. The van der Waals surface area contributed by atoms with Gasteiger partial charge >= 0.3 is 0 Å². The minimum absolute atomic E-state index is 0.0999. The molecule has 0 spiro atoms. The number of carbonyl (C=O) groups is 1. The third kappa shape index (κ3) is 2.69. The first-order valence-electron chi connectivity index (χ1n) is 6.30. The summed E-state index contributed by atoms with van der Waals surface area (Å²) in [6.07, 6.45) is 6.29. The molecule has 1 heterocycles. The lowest BCUT2D eigenvalue weighted by Crippen LogP contribution is -2.42. The van der Waals surface area contributed by atoms with Crippen molar-refractivity contribution in [2.24, 2.45) is 0 Å². The van der Waals surface area contributed by atoms with E-state index in [1.165, 1.54) is 0 Å². The monoisotopic (exact) mass is 235 g/mol. The zero-order chi connectivity index (χ0) is 12.3. The minimum atomic E-state index is 0.0999. The quantitative estimate of drug-likeness (QED) is 0.836. The molecule has 1 aliphatic carbocycles.